The number of amides is 1. The molecule has 0 unspecified atom stereocenters. The van der Waals surface area contributed by atoms with E-state index in [0.717, 1.165) is 11.1 Å². The fourth-order valence-corrected chi connectivity index (χ4v) is 1.32. The Hall–Kier alpha value is -2.12. The van der Waals surface area contributed by atoms with E-state index in [-0.39, 0.29) is 6.61 Å². The van der Waals surface area contributed by atoms with Crippen molar-refractivity contribution in [3.63, 3.8) is 0 Å². The SMILES string of the molecule is C/C(C#N)=C\c1cccc(COCC(N)=O)c1. The largest absolute Gasteiger partial charge is 0.368 e. The average molecular weight is 230 g/mol. The summed E-state index contributed by atoms with van der Waals surface area (Å²) >= 11 is 0. The van der Waals surface area contributed by atoms with Crippen LogP contribution in [0.3, 0.4) is 0 Å². The van der Waals surface area contributed by atoms with Gasteiger partial charge in [-0.05, 0) is 30.2 Å². The van der Waals surface area contributed by atoms with Crippen LogP contribution in [0.4, 0.5) is 0 Å². The van der Waals surface area contributed by atoms with Crippen LogP contribution >= 0.6 is 0 Å². The van der Waals surface area contributed by atoms with Gasteiger partial charge in [-0.3, -0.25) is 4.79 Å². The summed E-state index contributed by atoms with van der Waals surface area (Å²) in [6, 6.07) is 9.63. The third-order valence-electron chi connectivity index (χ3n) is 2.02. The van der Waals surface area contributed by atoms with E-state index in [1.807, 2.05) is 24.3 Å². The molecule has 88 valence electrons. The lowest BCUT2D eigenvalue weighted by atomic mass is 10.1. The molecular formula is C13H14N2O2. The van der Waals surface area contributed by atoms with Crippen LogP contribution in [-0.4, -0.2) is 12.5 Å². The van der Waals surface area contributed by atoms with Gasteiger partial charge < -0.3 is 10.5 Å². The van der Waals surface area contributed by atoms with E-state index in [0.29, 0.717) is 12.2 Å². The fourth-order valence-electron chi connectivity index (χ4n) is 1.32. The number of rotatable bonds is 5. The molecule has 0 aliphatic carbocycles. The van der Waals surface area contributed by atoms with Crippen molar-refractivity contribution >= 4 is 12.0 Å². The summed E-state index contributed by atoms with van der Waals surface area (Å²) in [6.07, 6.45) is 1.79. The van der Waals surface area contributed by atoms with Crippen molar-refractivity contribution in [2.45, 2.75) is 13.5 Å². The number of carbonyl (C=O) groups excluding carboxylic acids is 1. The first-order chi connectivity index (χ1) is 8.11. The van der Waals surface area contributed by atoms with Gasteiger partial charge in [-0.1, -0.05) is 18.2 Å². The maximum absolute atomic E-state index is 10.5. The number of allylic oxidation sites excluding steroid dienone is 1. The zero-order chi connectivity index (χ0) is 12.7. The molecule has 0 bridgehead atoms. The number of ether oxygens (including phenoxy) is 1. The molecule has 0 atom stereocenters. The van der Waals surface area contributed by atoms with Crippen LogP contribution in [0.1, 0.15) is 18.1 Å². The van der Waals surface area contributed by atoms with E-state index in [4.69, 9.17) is 15.7 Å². The standard InChI is InChI=1S/C13H14N2O2/c1-10(7-14)5-11-3-2-4-12(6-11)8-17-9-13(15)16/h2-6H,8-9H2,1H3,(H2,15,16)/b10-5+. The van der Waals surface area contributed by atoms with Gasteiger partial charge in [0, 0.05) is 5.57 Å². The van der Waals surface area contributed by atoms with Crippen LogP contribution in [0.2, 0.25) is 0 Å². The van der Waals surface area contributed by atoms with Gasteiger partial charge in [0.05, 0.1) is 12.7 Å². The minimum Gasteiger partial charge on any atom is -0.368 e. The first-order valence-electron chi connectivity index (χ1n) is 5.15. The summed E-state index contributed by atoms with van der Waals surface area (Å²) in [5.41, 5.74) is 7.47. The molecule has 1 aromatic carbocycles. The van der Waals surface area contributed by atoms with Gasteiger partial charge >= 0.3 is 0 Å². The third kappa shape index (κ3) is 4.96. The number of nitrogens with zero attached hydrogens (tertiary/aromatic N) is 1. The normalized spacial score (nSPS) is 10.9. The molecule has 0 saturated carbocycles. The Morgan fingerprint density at radius 2 is 2.35 bits per heavy atom. The zero-order valence-corrected chi connectivity index (χ0v) is 9.64. The van der Waals surface area contributed by atoms with Gasteiger partial charge in [-0.15, -0.1) is 0 Å². The molecule has 0 aliphatic rings. The van der Waals surface area contributed by atoms with E-state index in [1.165, 1.54) is 0 Å². The molecule has 1 amide bonds. The van der Waals surface area contributed by atoms with Crippen molar-refractivity contribution in [1.82, 2.24) is 0 Å². The summed E-state index contributed by atoms with van der Waals surface area (Å²) in [5.74, 6) is -0.485. The summed E-state index contributed by atoms with van der Waals surface area (Å²) < 4.78 is 5.11. The molecule has 0 fully saturated rings. The fraction of sp³-hybridized carbons (Fsp3) is 0.231. The molecule has 4 heteroatoms. The highest BCUT2D eigenvalue weighted by molar-refractivity contribution is 5.74. The summed E-state index contributed by atoms with van der Waals surface area (Å²) in [5, 5.41) is 8.67. The molecule has 2 N–H and O–H groups in total. The van der Waals surface area contributed by atoms with Crippen molar-refractivity contribution < 1.29 is 9.53 Å². The number of benzene rings is 1. The molecule has 0 heterocycles. The van der Waals surface area contributed by atoms with E-state index in [1.54, 1.807) is 13.0 Å². The smallest absolute Gasteiger partial charge is 0.243 e. The Kier molecular flexibility index (Phi) is 4.92. The molecule has 0 radical (unpaired) electrons. The van der Waals surface area contributed by atoms with Gasteiger partial charge in [-0.2, -0.15) is 5.26 Å². The summed E-state index contributed by atoms with van der Waals surface area (Å²) in [6.45, 7) is 1.99. The van der Waals surface area contributed by atoms with Gasteiger partial charge in [0.25, 0.3) is 0 Å². The Balaban J connectivity index is 2.67. The Morgan fingerprint density at radius 3 is 3.00 bits per heavy atom. The molecule has 0 aliphatic heterocycles. The van der Waals surface area contributed by atoms with Crippen molar-refractivity contribution in [2.75, 3.05) is 6.61 Å². The molecule has 1 aromatic rings. The van der Waals surface area contributed by atoms with Crippen LogP contribution < -0.4 is 5.73 Å². The molecule has 0 aromatic heterocycles. The predicted molar refractivity (Wildman–Crippen MR) is 64.6 cm³/mol. The number of nitriles is 1. The lowest BCUT2D eigenvalue weighted by molar-refractivity contribution is -0.122. The lowest BCUT2D eigenvalue weighted by Crippen LogP contribution is -2.17. The second-order valence-electron chi connectivity index (χ2n) is 3.64. The van der Waals surface area contributed by atoms with Gasteiger partial charge in [-0.25, -0.2) is 0 Å². The Morgan fingerprint density at radius 1 is 1.59 bits per heavy atom. The van der Waals surface area contributed by atoms with Gasteiger partial charge in [0.1, 0.15) is 6.61 Å². The number of primary amides is 1. The van der Waals surface area contributed by atoms with Crippen LogP contribution in [0, 0.1) is 11.3 Å². The molecule has 4 nitrogen and oxygen atoms in total. The second-order valence-corrected chi connectivity index (χ2v) is 3.64. The maximum Gasteiger partial charge on any atom is 0.243 e. The van der Waals surface area contributed by atoms with Crippen LogP contribution in [-0.2, 0) is 16.1 Å². The van der Waals surface area contributed by atoms with E-state index in [9.17, 15) is 4.79 Å². The third-order valence-corrected chi connectivity index (χ3v) is 2.02. The summed E-state index contributed by atoms with van der Waals surface area (Å²) in [7, 11) is 0. The minimum absolute atomic E-state index is 0.0860. The van der Waals surface area contributed by atoms with E-state index in [2.05, 4.69) is 6.07 Å². The van der Waals surface area contributed by atoms with Crippen LogP contribution in [0.5, 0.6) is 0 Å². The van der Waals surface area contributed by atoms with Crippen molar-refractivity contribution in [3.8, 4) is 6.07 Å². The highest BCUT2D eigenvalue weighted by Crippen LogP contribution is 2.10. The highest BCUT2D eigenvalue weighted by Gasteiger charge is 1.97. The van der Waals surface area contributed by atoms with Crippen molar-refractivity contribution in [2.24, 2.45) is 5.73 Å². The minimum atomic E-state index is -0.485. The van der Waals surface area contributed by atoms with E-state index >= 15 is 0 Å². The van der Waals surface area contributed by atoms with Gasteiger partial charge in [0.2, 0.25) is 5.91 Å². The number of hydrogen-bond donors (Lipinski definition) is 1. The zero-order valence-electron chi connectivity index (χ0n) is 9.64. The van der Waals surface area contributed by atoms with Crippen molar-refractivity contribution in [3.05, 3.63) is 41.0 Å². The second kappa shape index (κ2) is 6.46. The van der Waals surface area contributed by atoms with E-state index < -0.39 is 5.91 Å². The topological polar surface area (TPSA) is 76.1 Å². The molecule has 17 heavy (non-hydrogen) atoms. The van der Waals surface area contributed by atoms with Crippen LogP contribution in [0.25, 0.3) is 6.08 Å². The molecule has 0 spiro atoms. The first-order valence-corrected chi connectivity index (χ1v) is 5.15. The monoisotopic (exact) mass is 230 g/mol. The molecular weight excluding hydrogens is 216 g/mol. The quantitative estimate of drug-likeness (QED) is 0.781. The number of carbonyl (C=O) groups is 1. The number of hydrogen-bond acceptors (Lipinski definition) is 3. The first kappa shape index (κ1) is 12.9. The molecule has 1 rings (SSSR count). The molecule has 0 saturated heterocycles. The number of nitrogens with two attached hydrogens (primary N) is 1. The van der Waals surface area contributed by atoms with Crippen LogP contribution in [0.15, 0.2) is 29.8 Å². The Labute approximate surface area is 100 Å². The lowest BCUT2D eigenvalue weighted by Gasteiger charge is -2.03. The van der Waals surface area contributed by atoms with Crippen molar-refractivity contribution in [1.29, 1.82) is 5.26 Å². The maximum atomic E-state index is 10.5. The Bertz CT molecular complexity index is 473. The average Bonchev–Trinajstić information content (AvgIpc) is 2.29. The highest BCUT2D eigenvalue weighted by atomic mass is 16.5. The summed E-state index contributed by atoms with van der Waals surface area (Å²) in [4.78, 5) is 10.5. The van der Waals surface area contributed by atoms with Gasteiger partial charge in [0.15, 0.2) is 0 Å². The predicted octanol–water partition coefficient (Wildman–Crippen LogP) is 1.62.